The summed E-state index contributed by atoms with van der Waals surface area (Å²) in [6, 6.07) is 0. The maximum atomic E-state index is 13.3. The molecule has 0 saturated carbocycles. The molecular formula is C8H2F12O4. The SMILES string of the molecule is O=C1OC(OCC(F)(F)F)(C(F)(F)F)C(F)(F)OC1(F)C(F)(F)F. The predicted octanol–water partition coefficient (Wildman–Crippen LogP) is 3.22. The molecule has 16 heteroatoms. The van der Waals surface area contributed by atoms with Crippen LogP contribution in [0, 0.1) is 0 Å². The third-order valence-electron chi connectivity index (χ3n) is 2.33. The Bertz CT molecular complexity index is 507. The molecule has 1 fully saturated rings. The van der Waals surface area contributed by atoms with Gasteiger partial charge in [-0.3, -0.25) is 4.74 Å². The summed E-state index contributed by atoms with van der Waals surface area (Å²) in [4.78, 5) is 10.8. The Labute approximate surface area is 122 Å². The molecule has 2 atom stereocenters. The van der Waals surface area contributed by atoms with Gasteiger partial charge in [0.1, 0.15) is 6.61 Å². The van der Waals surface area contributed by atoms with Gasteiger partial charge in [0.05, 0.1) is 0 Å². The topological polar surface area (TPSA) is 44.8 Å². The van der Waals surface area contributed by atoms with Gasteiger partial charge < -0.3 is 9.47 Å². The third kappa shape index (κ3) is 3.20. The van der Waals surface area contributed by atoms with E-state index < -0.39 is 48.9 Å². The molecule has 0 aromatic heterocycles. The van der Waals surface area contributed by atoms with Crippen LogP contribution in [0.15, 0.2) is 0 Å². The predicted molar refractivity (Wildman–Crippen MR) is 42.8 cm³/mol. The van der Waals surface area contributed by atoms with Gasteiger partial charge in [0.15, 0.2) is 0 Å². The quantitative estimate of drug-likeness (QED) is 0.537. The summed E-state index contributed by atoms with van der Waals surface area (Å²) >= 11 is 0. The minimum Gasteiger partial charge on any atom is -0.411 e. The van der Waals surface area contributed by atoms with Crippen molar-refractivity contribution in [2.24, 2.45) is 0 Å². The Hall–Kier alpha value is -1.45. The molecule has 2 unspecified atom stereocenters. The number of cyclic esters (lactones) is 1. The Balaban J connectivity index is 3.40. The van der Waals surface area contributed by atoms with E-state index in [2.05, 4.69) is 14.2 Å². The van der Waals surface area contributed by atoms with Crippen molar-refractivity contribution < 1.29 is 71.7 Å². The first-order chi connectivity index (χ1) is 10.3. The standard InChI is InChI=1S/C8H2F12O4/c9-3(10,11)1-22-5(7(16,17)18)8(19,20)24-4(12,2(21)23-5)6(13,14)15/h1H2. The van der Waals surface area contributed by atoms with E-state index in [-0.39, 0.29) is 0 Å². The molecule has 1 aliphatic rings. The van der Waals surface area contributed by atoms with Crippen LogP contribution in [-0.2, 0) is 19.0 Å². The van der Waals surface area contributed by atoms with Crippen LogP contribution in [0.25, 0.3) is 0 Å². The summed E-state index contributed by atoms with van der Waals surface area (Å²) in [5.74, 6) is -15.7. The molecule has 0 spiro atoms. The second kappa shape index (κ2) is 5.27. The van der Waals surface area contributed by atoms with Crippen molar-refractivity contribution in [2.75, 3.05) is 6.61 Å². The van der Waals surface area contributed by atoms with Gasteiger partial charge in [-0.15, -0.1) is 0 Å². The first-order valence-corrected chi connectivity index (χ1v) is 5.13. The van der Waals surface area contributed by atoms with Crippen molar-refractivity contribution >= 4 is 5.97 Å². The smallest absolute Gasteiger partial charge is 0.411 e. The van der Waals surface area contributed by atoms with Crippen LogP contribution in [0.2, 0.25) is 0 Å². The van der Waals surface area contributed by atoms with Crippen LogP contribution in [0.5, 0.6) is 0 Å². The van der Waals surface area contributed by atoms with Gasteiger partial charge in [-0.1, -0.05) is 0 Å². The summed E-state index contributed by atoms with van der Waals surface area (Å²) in [6.07, 6.45) is -25.6. The summed E-state index contributed by atoms with van der Waals surface area (Å²) in [5, 5.41) is 0. The number of alkyl halides is 12. The second-order valence-electron chi connectivity index (χ2n) is 4.12. The number of hydrogen-bond acceptors (Lipinski definition) is 4. The van der Waals surface area contributed by atoms with Crippen molar-refractivity contribution in [3.63, 3.8) is 0 Å². The Morgan fingerprint density at radius 2 is 1.33 bits per heavy atom. The molecule has 1 heterocycles. The van der Waals surface area contributed by atoms with Gasteiger partial charge in [-0.05, 0) is 0 Å². The first kappa shape index (κ1) is 20.6. The lowest BCUT2D eigenvalue weighted by Crippen LogP contribution is -2.74. The zero-order valence-electron chi connectivity index (χ0n) is 10.4. The van der Waals surface area contributed by atoms with Crippen molar-refractivity contribution in [3.8, 4) is 0 Å². The molecule has 1 aliphatic heterocycles. The van der Waals surface area contributed by atoms with E-state index in [1.165, 1.54) is 0 Å². The number of halogens is 12. The van der Waals surface area contributed by atoms with E-state index in [9.17, 15) is 57.5 Å². The number of rotatable bonds is 2. The highest BCUT2D eigenvalue weighted by Gasteiger charge is 2.86. The molecule has 0 amide bonds. The molecule has 142 valence electrons. The van der Waals surface area contributed by atoms with Crippen molar-refractivity contribution in [2.45, 2.75) is 36.3 Å². The highest BCUT2D eigenvalue weighted by molar-refractivity contribution is 5.80. The minimum atomic E-state index is -6.73. The monoisotopic (exact) mass is 390 g/mol. The van der Waals surface area contributed by atoms with Gasteiger partial charge in [-0.2, -0.15) is 52.7 Å². The highest BCUT2D eigenvalue weighted by Crippen LogP contribution is 2.55. The summed E-state index contributed by atoms with van der Waals surface area (Å²) in [5.41, 5.74) is 0. The van der Waals surface area contributed by atoms with Gasteiger partial charge >= 0.3 is 42.2 Å². The number of carbonyl (C=O) groups excluding carboxylic acids is 1. The van der Waals surface area contributed by atoms with Gasteiger partial charge in [0.2, 0.25) is 0 Å². The summed E-state index contributed by atoms with van der Waals surface area (Å²) in [7, 11) is 0. The van der Waals surface area contributed by atoms with Crippen molar-refractivity contribution in [1.82, 2.24) is 0 Å². The van der Waals surface area contributed by atoms with E-state index in [1.807, 2.05) is 0 Å². The lowest BCUT2D eigenvalue weighted by Gasteiger charge is -2.45. The number of hydrogen-bond donors (Lipinski definition) is 0. The lowest BCUT2D eigenvalue weighted by molar-refractivity contribution is -0.542. The molecule has 1 saturated heterocycles. The number of esters is 1. The molecule has 0 N–H and O–H groups in total. The fourth-order valence-corrected chi connectivity index (χ4v) is 1.32. The first-order valence-electron chi connectivity index (χ1n) is 5.13. The second-order valence-corrected chi connectivity index (χ2v) is 4.12. The normalized spacial score (nSPS) is 31.8. The van der Waals surface area contributed by atoms with Gasteiger partial charge in [-0.25, -0.2) is 4.79 Å². The zero-order chi connectivity index (χ0) is 19.4. The van der Waals surface area contributed by atoms with Crippen LogP contribution in [0.3, 0.4) is 0 Å². The third-order valence-corrected chi connectivity index (χ3v) is 2.33. The fraction of sp³-hybridized carbons (Fsp3) is 0.875. The van der Waals surface area contributed by atoms with Crippen LogP contribution >= 0.6 is 0 Å². The molecule has 0 aromatic carbocycles. The summed E-state index contributed by atoms with van der Waals surface area (Å²) < 4.78 is 158. The largest absolute Gasteiger partial charge is 0.465 e. The van der Waals surface area contributed by atoms with Crippen LogP contribution < -0.4 is 0 Å². The maximum absolute atomic E-state index is 13.3. The molecule has 0 aromatic rings. The van der Waals surface area contributed by atoms with E-state index in [4.69, 9.17) is 0 Å². The minimum absolute atomic E-state index is 2.23. The summed E-state index contributed by atoms with van der Waals surface area (Å²) in [6.45, 7) is -3.13. The number of carbonyl (C=O) groups is 1. The average molecular weight is 390 g/mol. The highest BCUT2D eigenvalue weighted by atomic mass is 19.4. The van der Waals surface area contributed by atoms with Crippen molar-refractivity contribution in [1.29, 1.82) is 0 Å². The van der Waals surface area contributed by atoms with E-state index in [1.54, 1.807) is 0 Å². The molecule has 1 rings (SSSR count). The fourth-order valence-electron chi connectivity index (χ4n) is 1.32. The number of ether oxygens (including phenoxy) is 3. The van der Waals surface area contributed by atoms with Crippen molar-refractivity contribution in [3.05, 3.63) is 0 Å². The lowest BCUT2D eigenvalue weighted by atomic mass is 10.1. The Morgan fingerprint density at radius 3 is 1.67 bits per heavy atom. The molecular weight excluding hydrogens is 388 g/mol. The zero-order valence-corrected chi connectivity index (χ0v) is 10.4. The van der Waals surface area contributed by atoms with E-state index in [0.29, 0.717) is 0 Å². The van der Waals surface area contributed by atoms with Gasteiger partial charge in [0, 0.05) is 0 Å². The van der Waals surface area contributed by atoms with E-state index >= 15 is 0 Å². The van der Waals surface area contributed by atoms with Crippen LogP contribution in [0.1, 0.15) is 0 Å². The Morgan fingerprint density at radius 1 is 0.875 bits per heavy atom. The van der Waals surface area contributed by atoms with Crippen LogP contribution in [-0.4, -0.2) is 48.9 Å². The van der Waals surface area contributed by atoms with Crippen LogP contribution in [0.4, 0.5) is 52.7 Å². The molecule has 4 nitrogen and oxygen atoms in total. The van der Waals surface area contributed by atoms with E-state index in [0.717, 1.165) is 0 Å². The average Bonchev–Trinajstić information content (AvgIpc) is 2.27. The molecule has 24 heavy (non-hydrogen) atoms. The van der Waals surface area contributed by atoms with Gasteiger partial charge in [0.25, 0.3) is 0 Å². The Kier molecular flexibility index (Phi) is 4.52. The molecule has 0 radical (unpaired) electrons. The molecule has 0 bridgehead atoms. The maximum Gasteiger partial charge on any atom is 0.465 e. The molecule has 0 aliphatic carbocycles.